The van der Waals surface area contributed by atoms with Gasteiger partial charge in [-0.3, -0.25) is 0 Å². The summed E-state index contributed by atoms with van der Waals surface area (Å²) >= 11 is 0. The largest absolute Gasteiger partial charge is 0.394 e. The van der Waals surface area contributed by atoms with E-state index in [1.54, 1.807) is 0 Å². The minimum atomic E-state index is -0.412. The van der Waals surface area contributed by atoms with Crippen molar-refractivity contribution < 1.29 is 28.8 Å². The molecule has 0 aromatic carbocycles. The van der Waals surface area contributed by atoms with Gasteiger partial charge in [0.15, 0.2) is 0 Å². The van der Waals surface area contributed by atoms with Crippen LogP contribution in [0.3, 0.4) is 0 Å². The number of unbranched alkanes of at least 4 members (excludes halogenated alkanes) is 4. The van der Waals surface area contributed by atoms with Crippen LogP contribution in [-0.4, -0.2) is 75.8 Å². The van der Waals surface area contributed by atoms with Crippen molar-refractivity contribution in [2.24, 2.45) is 0 Å². The first kappa shape index (κ1) is 29.8. The van der Waals surface area contributed by atoms with Crippen LogP contribution in [0.4, 0.5) is 0 Å². The Morgan fingerprint density at radius 2 is 1.17 bits per heavy atom. The first-order valence-corrected chi connectivity index (χ1v) is 12.3. The molecule has 0 aliphatic heterocycles. The number of ether oxygens (including phenoxy) is 5. The number of aliphatic hydroxyl groups is 1. The fourth-order valence-corrected chi connectivity index (χ4v) is 2.90. The molecule has 1 unspecified atom stereocenters. The molecule has 0 amide bonds. The van der Waals surface area contributed by atoms with Crippen molar-refractivity contribution in [1.82, 2.24) is 0 Å². The Bertz CT molecular complexity index is 342. The maximum atomic E-state index is 9.94. The molecular weight excluding hydrogens is 384 g/mol. The van der Waals surface area contributed by atoms with Crippen LogP contribution in [0.15, 0.2) is 0 Å². The van der Waals surface area contributed by atoms with Crippen molar-refractivity contribution in [3.63, 3.8) is 0 Å². The standard InChI is InChI=1S/C24H50O6/c1-6-10-14-26-19-22(28-16-12-8-3)20-30-24(21(5)27-15-11-7-2)23(18-25)29-17-13-9-4/h21-25H,6-20H2,1-5H3/t21-,22+,23+,24?/m0/s1. The van der Waals surface area contributed by atoms with E-state index in [0.29, 0.717) is 33.0 Å². The number of hydrogen-bond donors (Lipinski definition) is 1. The van der Waals surface area contributed by atoms with Gasteiger partial charge in [0.05, 0.1) is 25.9 Å². The average molecular weight is 435 g/mol. The molecule has 4 atom stereocenters. The summed E-state index contributed by atoms with van der Waals surface area (Å²) < 4.78 is 30.0. The summed E-state index contributed by atoms with van der Waals surface area (Å²) in [5.74, 6) is 0. The zero-order valence-corrected chi connectivity index (χ0v) is 20.4. The summed E-state index contributed by atoms with van der Waals surface area (Å²) in [5, 5.41) is 9.94. The highest BCUT2D eigenvalue weighted by atomic mass is 16.6. The van der Waals surface area contributed by atoms with Gasteiger partial charge in [0.25, 0.3) is 0 Å². The summed E-state index contributed by atoms with van der Waals surface area (Å²) in [7, 11) is 0. The topological polar surface area (TPSA) is 66.4 Å². The van der Waals surface area contributed by atoms with Gasteiger partial charge in [-0.1, -0.05) is 53.4 Å². The lowest BCUT2D eigenvalue weighted by atomic mass is 10.1. The normalized spacial score (nSPS) is 15.8. The molecule has 0 radical (unpaired) electrons. The third kappa shape index (κ3) is 15.5. The monoisotopic (exact) mass is 434 g/mol. The molecule has 0 fully saturated rings. The van der Waals surface area contributed by atoms with Crippen LogP contribution in [-0.2, 0) is 23.7 Å². The highest BCUT2D eigenvalue weighted by molar-refractivity contribution is 4.78. The predicted octanol–water partition coefficient (Wildman–Crippen LogP) is 4.76. The van der Waals surface area contributed by atoms with Crippen LogP contribution < -0.4 is 0 Å². The predicted molar refractivity (Wildman–Crippen MR) is 122 cm³/mol. The second-order valence-corrected chi connectivity index (χ2v) is 7.95. The Labute approximate surface area is 185 Å². The van der Waals surface area contributed by atoms with Crippen molar-refractivity contribution in [1.29, 1.82) is 0 Å². The highest BCUT2D eigenvalue weighted by Crippen LogP contribution is 2.15. The molecule has 0 rings (SSSR count). The van der Waals surface area contributed by atoms with E-state index in [1.165, 1.54) is 0 Å². The van der Waals surface area contributed by atoms with E-state index < -0.39 is 6.10 Å². The Kier molecular flexibility index (Phi) is 21.8. The van der Waals surface area contributed by atoms with E-state index in [4.69, 9.17) is 23.7 Å². The summed E-state index contributed by atoms with van der Waals surface area (Å²) in [6.07, 6.45) is 7.30. The summed E-state index contributed by atoms with van der Waals surface area (Å²) in [4.78, 5) is 0. The quantitative estimate of drug-likeness (QED) is 0.234. The zero-order valence-electron chi connectivity index (χ0n) is 20.4. The van der Waals surface area contributed by atoms with Crippen molar-refractivity contribution in [3.05, 3.63) is 0 Å². The van der Waals surface area contributed by atoms with Gasteiger partial charge in [-0.2, -0.15) is 0 Å². The first-order valence-electron chi connectivity index (χ1n) is 12.3. The lowest BCUT2D eigenvalue weighted by Crippen LogP contribution is -2.45. The molecule has 0 aromatic rings. The zero-order chi connectivity index (χ0) is 22.5. The van der Waals surface area contributed by atoms with E-state index >= 15 is 0 Å². The van der Waals surface area contributed by atoms with Crippen molar-refractivity contribution in [2.45, 2.75) is 110 Å². The molecule has 6 nitrogen and oxygen atoms in total. The van der Waals surface area contributed by atoms with Crippen LogP contribution in [0, 0.1) is 0 Å². The second kappa shape index (κ2) is 22.0. The van der Waals surface area contributed by atoms with Gasteiger partial charge < -0.3 is 28.8 Å². The van der Waals surface area contributed by atoms with Crippen molar-refractivity contribution in [3.8, 4) is 0 Å². The van der Waals surface area contributed by atoms with Gasteiger partial charge in [-0.25, -0.2) is 0 Å². The van der Waals surface area contributed by atoms with Crippen LogP contribution in [0.2, 0.25) is 0 Å². The van der Waals surface area contributed by atoms with E-state index in [1.807, 2.05) is 6.92 Å². The number of hydrogen-bond acceptors (Lipinski definition) is 6. The molecule has 0 aromatic heterocycles. The van der Waals surface area contributed by atoms with E-state index in [9.17, 15) is 5.11 Å². The lowest BCUT2D eigenvalue weighted by Gasteiger charge is -2.32. The van der Waals surface area contributed by atoms with E-state index in [0.717, 1.165) is 58.0 Å². The van der Waals surface area contributed by atoms with Gasteiger partial charge in [-0.05, 0) is 32.6 Å². The SMILES string of the molecule is CCCCOC[C@H](COC([C@H](C)OCCCC)[C@@H](CO)OCCCC)OCCCC. The summed E-state index contributed by atoms with van der Waals surface area (Å²) in [6.45, 7) is 14.1. The smallest absolute Gasteiger partial charge is 0.112 e. The molecule has 1 N–H and O–H groups in total. The molecule has 0 spiro atoms. The molecule has 6 heteroatoms. The minimum absolute atomic E-state index is 0.0930. The Morgan fingerprint density at radius 3 is 1.73 bits per heavy atom. The molecule has 0 heterocycles. The van der Waals surface area contributed by atoms with Gasteiger partial charge in [0.1, 0.15) is 18.3 Å². The fraction of sp³-hybridized carbons (Fsp3) is 1.00. The summed E-state index contributed by atoms with van der Waals surface area (Å²) in [5.41, 5.74) is 0. The molecular formula is C24H50O6. The Hall–Kier alpha value is -0.240. The Balaban J connectivity index is 4.89. The molecule has 0 saturated carbocycles. The third-order valence-electron chi connectivity index (χ3n) is 4.99. The molecule has 0 saturated heterocycles. The van der Waals surface area contributed by atoms with Crippen LogP contribution in [0.5, 0.6) is 0 Å². The molecule has 30 heavy (non-hydrogen) atoms. The maximum absolute atomic E-state index is 9.94. The third-order valence-corrected chi connectivity index (χ3v) is 4.99. The number of aliphatic hydroxyl groups excluding tert-OH is 1. The molecule has 0 aliphatic rings. The molecule has 0 bridgehead atoms. The first-order chi connectivity index (χ1) is 14.6. The van der Waals surface area contributed by atoms with Gasteiger partial charge in [0.2, 0.25) is 0 Å². The van der Waals surface area contributed by atoms with Gasteiger partial charge >= 0.3 is 0 Å². The van der Waals surface area contributed by atoms with E-state index in [2.05, 4.69) is 27.7 Å². The molecule has 182 valence electrons. The summed E-state index contributed by atoms with van der Waals surface area (Å²) in [6, 6.07) is 0. The van der Waals surface area contributed by atoms with Crippen LogP contribution in [0.1, 0.15) is 86.0 Å². The highest BCUT2D eigenvalue weighted by Gasteiger charge is 2.30. The van der Waals surface area contributed by atoms with Crippen molar-refractivity contribution >= 4 is 0 Å². The maximum Gasteiger partial charge on any atom is 0.112 e. The Morgan fingerprint density at radius 1 is 0.633 bits per heavy atom. The minimum Gasteiger partial charge on any atom is -0.394 e. The molecule has 0 aliphatic carbocycles. The second-order valence-electron chi connectivity index (χ2n) is 7.95. The van der Waals surface area contributed by atoms with E-state index in [-0.39, 0.29) is 24.9 Å². The number of rotatable bonds is 23. The average Bonchev–Trinajstić information content (AvgIpc) is 2.75. The van der Waals surface area contributed by atoms with Crippen LogP contribution in [0.25, 0.3) is 0 Å². The van der Waals surface area contributed by atoms with Crippen molar-refractivity contribution in [2.75, 3.05) is 46.2 Å². The van der Waals surface area contributed by atoms with Gasteiger partial charge in [0, 0.05) is 26.4 Å². The fourth-order valence-electron chi connectivity index (χ4n) is 2.90. The lowest BCUT2D eigenvalue weighted by molar-refractivity contribution is -0.165. The van der Waals surface area contributed by atoms with Gasteiger partial charge in [-0.15, -0.1) is 0 Å². The van der Waals surface area contributed by atoms with Crippen LogP contribution >= 0.6 is 0 Å².